The summed E-state index contributed by atoms with van der Waals surface area (Å²) in [4.78, 5) is 12.4. The van der Waals surface area contributed by atoms with Gasteiger partial charge in [-0.25, -0.2) is 4.79 Å². The number of amides is 2. The van der Waals surface area contributed by atoms with Gasteiger partial charge in [-0.15, -0.1) is 0 Å². The molecule has 0 saturated heterocycles. The van der Waals surface area contributed by atoms with Gasteiger partial charge in [0.25, 0.3) is 0 Å². The predicted molar refractivity (Wildman–Crippen MR) is 96.7 cm³/mol. The summed E-state index contributed by atoms with van der Waals surface area (Å²) in [5.74, 6) is 0.875. The van der Waals surface area contributed by atoms with Gasteiger partial charge in [0, 0.05) is 0 Å². The smallest absolute Gasteiger partial charge is 0.315 e. The van der Waals surface area contributed by atoms with E-state index in [1.54, 1.807) is 7.11 Å². The molecule has 0 fully saturated rings. The second kappa shape index (κ2) is 8.03. The summed E-state index contributed by atoms with van der Waals surface area (Å²) in [5.41, 5.74) is 3.36. The number of carbonyl (C=O) groups is 1. The van der Waals surface area contributed by atoms with Gasteiger partial charge in [0.15, 0.2) is 0 Å². The third-order valence-corrected chi connectivity index (χ3v) is 4.63. The Kier molecular flexibility index (Phi) is 5.56. The van der Waals surface area contributed by atoms with E-state index in [4.69, 9.17) is 4.74 Å². The lowest BCUT2D eigenvalue weighted by molar-refractivity contribution is 0.213. The van der Waals surface area contributed by atoms with Crippen molar-refractivity contribution in [1.82, 2.24) is 10.6 Å². The normalized spacial score (nSPS) is 16.8. The summed E-state index contributed by atoms with van der Waals surface area (Å²) in [7, 11) is 1.67. The number of hydrogen-bond donors (Lipinski definition) is 3. The number of carbonyl (C=O) groups excluding carboxylic acids is 1. The molecule has 3 N–H and O–H groups in total. The van der Waals surface area contributed by atoms with E-state index in [-0.39, 0.29) is 24.7 Å². The van der Waals surface area contributed by atoms with Crippen molar-refractivity contribution in [2.24, 2.45) is 0 Å². The van der Waals surface area contributed by atoms with Crippen LogP contribution in [0.2, 0.25) is 0 Å². The zero-order chi connectivity index (χ0) is 17.6. The summed E-state index contributed by atoms with van der Waals surface area (Å²) >= 11 is 0. The van der Waals surface area contributed by atoms with Crippen molar-refractivity contribution >= 4 is 6.03 Å². The summed E-state index contributed by atoms with van der Waals surface area (Å²) in [6, 6.07) is 15.2. The second-order valence-corrected chi connectivity index (χ2v) is 6.31. The van der Waals surface area contributed by atoms with Crippen molar-refractivity contribution in [3.63, 3.8) is 0 Å². The molecular weight excluding hydrogens is 316 g/mol. The van der Waals surface area contributed by atoms with Gasteiger partial charge >= 0.3 is 6.03 Å². The molecule has 2 atom stereocenters. The third kappa shape index (κ3) is 4.12. The Balaban J connectivity index is 1.60. The SMILES string of the molecule is COc1cccc2c1CCC2NC(=O)N[C@H](CO)Cc1ccccc1. The molecule has 1 aliphatic rings. The van der Waals surface area contributed by atoms with Crippen molar-refractivity contribution in [1.29, 1.82) is 0 Å². The molecular formula is C20H24N2O3. The molecule has 1 aliphatic carbocycles. The Bertz CT molecular complexity index is 718. The first-order valence-corrected chi connectivity index (χ1v) is 8.59. The zero-order valence-corrected chi connectivity index (χ0v) is 14.4. The van der Waals surface area contributed by atoms with E-state index >= 15 is 0 Å². The molecule has 2 aromatic carbocycles. The van der Waals surface area contributed by atoms with Gasteiger partial charge in [0.1, 0.15) is 5.75 Å². The molecule has 25 heavy (non-hydrogen) atoms. The van der Waals surface area contributed by atoms with Crippen LogP contribution in [0.3, 0.4) is 0 Å². The first kappa shape index (κ1) is 17.3. The van der Waals surface area contributed by atoms with E-state index in [0.717, 1.165) is 29.7 Å². The number of nitrogens with one attached hydrogen (secondary N) is 2. The zero-order valence-electron chi connectivity index (χ0n) is 14.4. The third-order valence-electron chi connectivity index (χ3n) is 4.63. The van der Waals surface area contributed by atoms with Crippen molar-refractivity contribution in [2.75, 3.05) is 13.7 Å². The lowest BCUT2D eigenvalue weighted by Crippen LogP contribution is -2.45. The van der Waals surface area contributed by atoms with Crippen LogP contribution in [-0.2, 0) is 12.8 Å². The number of aliphatic hydroxyl groups is 1. The fourth-order valence-electron chi connectivity index (χ4n) is 3.41. The van der Waals surface area contributed by atoms with Crippen LogP contribution in [0.4, 0.5) is 4.79 Å². The maximum absolute atomic E-state index is 12.4. The van der Waals surface area contributed by atoms with Gasteiger partial charge in [-0.3, -0.25) is 0 Å². The lowest BCUT2D eigenvalue weighted by Gasteiger charge is -2.20. The van der Waals surface area contributed by atoms with Crippen LogP contribution in [-0.4, -0.2) is 30.9 Å². The topological polar surface area (TPSA) is 70.6 Å². The van der Waals surface area contributed by atoms with E-state index in [1.165, 1.54) is 5.56 Å². The Morgan fingerprint density at radius 1 is 1.24 bits per heavy atom. The Morgan fingerprint density at radius 3 is 2.76 bits per heavy atom. The van der Waals surface area contributed by atoms with E-state index in [1.807, 2.05) is 48.5 Å². The summed E-state index contributed by atoms with van der Waals surface area (Å²) in [6.07, 6.45) is 2.34. The van der Waals surface area contributed by atoms with Crippen LogP contribution >= 0.6 is 0 Å². The fraction of sp³-hybridized carbons (Fsp3) is 0.350. The molecule has 0 radical (unpaired) electrons. The summed E-state index contributed by atoms with van der Waals surface area (Å²) in [6.45, 7) is -0.0998. The van der Waals surface area contributed by atoms with Crippen LogP contribution in [0, 0.1) is 0 Å². The number of rotatable bonds is 6. The van der Waals surface area contributed by atoms with E-state index in [2.05, 4.69) is 10.6 Å². The summed E-state index contributed by atoms with van der Waals surface area (Å²) in [5, 5.41) is 15.5. The minimum atomic E-state index is -0.311. The minimum absolute atomic E-state index is 0.0267. The van der Waals surface area contributed by atoms with E-state index in [0.29, 0.717) is 6.42 Å². The number of benzene rings is 2. The van der Waals surface area contributed by atoms with Gasteiger partial charge in [0.2, 0.25) is 0 Å². The molecule has 0 aliphatic heterocycles. The molecule has 0 spiro atoms. The highest BCUT2D eigenvalue weighted by atomic mass is 16.5. The number of methoxy groups -OCH3 is 1. The van der Waals surface area contributed by atoms with Gasteiger partial charge in [-0.05, 0) is 42.0 Å². The molecule has 3 rings (SSSR count). The van der Waals surface area contributed by atoms with Gasteiger partial charge in [0.05, 0.1) is 25.8 Å². The summed E-state index contributed by atoms with van der Waals surface area (Å²) < 4.78 is 5.40. The number of urea groups is 1. The average Bonchev–Trinajstić information content (AvgIpc) is 3.05. The number of fused-ring (bicyclic) bond motifs is 1. The Labute approximate surface area is 148 Å². The van der Waals surface area contributed by atoms with E-state index < -0.39 is 0 Å². The molecule has 132 valence electrons. The monoisotopic (exact) mass is 340 g/mol. The van der Waals surface area contributed by atoms with Crippen LogP contribution in [0.5, 0.6) is 5.75 Å². The molecule has 1 unspecified atom stereocenters. The van der Waals surface area contributed by atoms with Crippen LogP contribution in [0.15, 0.2) is 48.5 Å². The molecule has 2 amide bonds. The van der Waals surface area contributed by atoms with Gasteiger partial charge in [-0.1, -0.05) is 42.5 Å². The van der Waals surface area contributed by atoms with Crippen molar-refractivity contribution in [3.8, 4) is 5.75 Å². The molecule has 0 bridgehead atoms. The molecule has 0 saturated carbocycles. The maximum Gasteiger partial charge on any atom is 0.315 e. The molecule has 5 nitrogen and oxygen atoms in total. The van der Waals surface area contributed by atoms with Crippen molar-refractivity contribution < 1.29 is 14.6 Å². The highest BCUT2D eigenvalue weighted by molar-refractivity contribution is 5.75. The number of ether oxygens (including phenoxy) is 1. The van der Waals surface area contributed by atoms with Gasteiger partial charge < -0.3 is 20.5 Å². The first-order chi connectivity index (χ1) is 12.2. The Hall–Kier alpha value is -2.53. The van der Waals surface area contributed by atoms with Crippen LogP contribution < -0.4 is 15.4 Å². The number of hydrogen-bond acceptors (Lipinski definition) is 3. The second-order valence-electron chi connectivity index (χ2n) is 6.31. The Morgan fingerprint density at radius 2 is 2.04 bits per heavy atom. The highest BCUT2D eigenvalue weighted by Crippen LogP contribution is 2.36. The molecule has 0 aromatic heterocycles. The first-order valence-electron chi connectivity index (χ1n) is 8.59. The van der Waals surface area contributed by atoms with Crippen molar-refractivity contribution in [3.05, 3.63) is 65.2 Å². The largest absolute Gasteiger partial charge is 0.496 e. The lowest BCUT2D eigenvalue weighted by atomic mass is 10.1. The van der Waals surface area contributed by atoms with Crippen LogP contribution in [0.1, 0.15) is 29.2 Å². The average molecular weight is 340 g/mol. The van der Waals surface area contributed by atoms with Crippen LogP contribution in [0.25, 0.3) is 0 Å². The maximum atomic E-state index is 12.4. The van der Waals surface area contributed by atoms with E-state index in [9.17, 15) is 9.90 Å². The fourth-order valence-corrected chi connectivity index (χ4v) is 3.41. The molecule has 5 heteroatoms. The standard InChI is InChI=1S/C20H24N2O3/c1-25-19-9-5-8-16-17(19)10-11-18(16)22-20(24)21-15(13-23)12-14-6-3-2-4-7-14/h2-9,15,18,23H,10-13H2,1H3,(H2,21,22,24)/t15-,18?/m0/s1. The van der Waals surface area contributed by atoms with Gasteiger partial charge in [-0.2, -0.15) is 0 Å². The highest BCUT2D eigenvalue weighted by Gasteiger charge is 2.26. The predicted octanol–water partition coefficient (Wildman–Crippen LogP) is 2.59. The quantitative estimate of drug-likeness (QED) is 0.757. The van der Waals surface area contributed by atoms with Crippen molar-refractivity contribution in [2.45, 2.75) is 31.3 Å². The number of aliphatic hydroxyl groups excluding tert-OH is 1. The molecule has 2 aromatic rings. The molecule has 0 heterocycles. The minimum Gasteiger partial charge on any atom is -0.496 e.